The Morgan fingerprint density at radius 3 is 2.38 bits per heavy atom. The van der Waals surface area contributed by atoms with Crippen LogP contribution in [-0.4, -0.2) is 53.3 Å². The minimum atomic E-state index is -3.71. The van der Waals surface area contributed by atoms with Gasteiger partial charge in [-0.3, -0.25) is 9.59 Å². The standard InChI is InChI=1S/C28H36FN3O4S/c1-20-11-14-28(3,18-22-7-5-4-6-8-22)37(35,36)32(20)19-24-9-10-25(17-26(24)29)30-27(34)23-12-15-31(16-13-23)21(2)33/h4-10,17,20,23H,11-16,18-19H2,1-3H3,(H,30,34)/t20-,28?/m0/s1. The molecule has 2 atom stereocenters. The minimum absolute atomic E-state index is 0.00179. The zero-order valence-electron chi connectivity index (χ0n) is 21.7. The third-order valence-corrected chi connectivity index (χ3v) is 10.6. The van der Waals surface area contributed by atoms with Crippen LogP contribution < -0.4 is 5.32 Å². The van der Waals surface area contributed by atoms with E-state index in [-0.39, 0.29) is 35.9 Å². The molecule has 2 fully saturated rings. The van der Waals surface area contributed by atoms with E-state index in [4.69, 9.17) is 0 Å². The highest BCUT2D eigenvalue weighted by Gasteiger charge is 2.48. The van der Waals surface area contributed by atoms with Gasteiger partial charge in [-0.15, -0.1) is 0 Å². The normalized spacial score (nSPS) is 24.5. The molecule has 2 amide bonds. The second-order valence-electron chi connectivity index (χ2n) is 10.6. The van der Waals surface area contributed by atoms with Crippen molar-refractivity contribution in [3.63, 3.8) is 0 Å². The van der Waals surface area contributed by atoms with Gasteiger partial charge >= 0.3 is 0 Å². The first-order chi connectivity index (χ1) is 17.5. The maximum Gasteiger partial charge on any atom is 0.227 e. The van der Waals surface area contributed by atoms with Gasteiger partial charge in [0.15, 0.2) is 0 Å². The van der Waals surface area contributed by atoms with Crippen molar-refractivity contribution < 1.29 is 22.4 Å². The van der Waals surface area contributed by atoms with Crippen LogP contribution in [0.2, 0.25) is 0 Å². The van der Waals surface area contributed by atoms with Gasteiger partial charge < -0.3 is 10.2 Å². The number of benzene rings is 2. The number of piperidine rings is 1. The van der Waals surface area contributed by atoms with Crippen LogP contribution in [0.1, 0.15) is 57.6 Å². The molecule has 2 saturated heterocycles. The number of hydrogen-bond donors (Lipinski definition) is 1. The van der Waals surface area contributed by atoms with Gasteiger partial charge in [0.2, 0.25) is 21.8 Å². The molecule has 7 nitrogen and oxygen atoms in total. The molecule has 2 heterocycles. The number of carbonyl (C=O) groups is 2. The number of hydrogen-bond acceptors (Lipinski definition) is 4. The summed E-state index contributed by atoms with van der Waals surface area (Å²) in [5, 5.41) is 2.78. The molecular weight excluding hydrogens is 493 g/mol. The molecule has 9 heteroatoms. The van der Waals surface area contributed by atoms with Gasteiger partial charge in [0, 0.05) is 49.8 Å². The van der Waals surface area contributed by atoms with E-state index in [9.17, 15) is 18.0 Å². The molecule has 0 bridgehead atoms. The van der Waals surface area contributed by atoms with E-state index in [1.807, 2.05) is 37.3 Å². The predicted molar refractivity (Wildman–Crippen MR) is 142 cm³/mol. The maximum atomic E-state index is 15.1. The van der Waals surface area contributed by atoms with Crippen molar-refractivity contribution >= 4 is 27.5 Å². The number of nitrogens with zero attached hydrogens (tertiary/aromatic N) is 2. The fourth-order valence-electron chi connectivity index (χ4n) is 5.38. The third kappa shape index (κ3) is 5.88. The Bertz CT molecular complexity index is 1250. The summed E-state index contributed by atoms with van der Waals surface area (Å²) in [5.74, 6) is -0.983. The minimum Gasteiger partial charge on any atom is -0.343 e. The molecule has 37 heavy (non-hydrogen) atoms. The largest absolute Gasteiger partial charge is 0.343 e. The Morgan fingerprint density at radius 2 is 1.76 bits per heavy atom. The molecular formula is C28H36FN3O4S. The number of rotatable bonds is 6. The van der Waals surface area contributed by atoms with Crippen molar-refractivity contribution in [1.82, 2.24) is 9.21 Å². The number of likely N-dealkylation sites (tertiary alicyclic amines) is 1. The predicted octanol–water partition coefficient (Wildman–Crippen LogP) is 4.34. The van der Waals surface area contributed by atoms with E-state index < -0.39 is 20.6 Å². The second kappa shape index (κ2) is 10.9. The van der Waals surface area contributed by atoms with Crippen LogP contribution in [0.15, 0.2) is 48.5 Å². The van der Waals surface area contributed by atoms with Gasteiger partial charge in [-0.2, -0.15) is 4.31 Å². The van der Waals surface area contributed by atoms with E-state index >= 15 is 4.39 Å². The molecule has 0 radical (unpaired) electrons. The van der Waals surface area contributed by atoms with Crippen molar-refractivity contribution in [2.24, 2.45) is 5.92 Å². The average Bonchev–Trinajstić information content (AvgIpc) is 2.86. The molecule has 0 spiro atoms. The van der Waals surface area contributed by atoms with Crippen LogP contribution in [0.25, 0.3) is 0 Å². The van der Waals surface area contributed by atoms with Crippen LogP contribution in [-0.2, 0) is 32.6 Å². The van der Waals surface area contributed by atoms with Gasteiger partial charge in [-0.05, 0) is 63.6 Å². The first kappa shape index (κ1) is 27.3. The summed E-state index contributed by atoms with van der Waals surface area (Å²) in [7, 11) is -3.71. The van der Waals surface area contributed by atoms with Crippen molar-refractivity contribution in [2.45, 2.75) is 70.2 Å². The molecule has 0 saturated carbocycles. The molecule has 2 aromatic carbocycles. The summed E-state index contributed by atoms with van der Waals surface area (Å²) < 4.78 is 43.1. The number of amides is 2. The van der Waals surface area contributed by atoms with Crippen molar-refractivity contribution in [3.8, 4) is 0 Å². The van der Waals surface area contributed by atoms with Gasteiger partial charge in [0.25, 0.3) is 0 Å². The Labute approximate surface area is 219 Å². The van der Waals surface area contributed by atoms with Crippen LogP contribution in [0, 0.1) is 11.7 Å². The Balaban J connectivity index is 1.44. The van der Waals surface area contributed by atoms with Crippen LogP contribution in [0.3, 0.4) is 0 Å². The van der Waals surface area contributed by atoms with Gasteiger partial charge in [0.05, 0.1) is 4.75 Å². The highest BCUT2D eigenvalue weighted by molar-refractivity contribution is 7.90. The van der Waals surface area contributed by atoms with Crippen LogP contribution >= 0.6 is 0 Å². The number of anilines is 1. The highest BCUT2D eigenvalue weighted by atomic mass is 32.2. The molecule has 0 aromatic heterocycles. The molecule has 2 aliphatic rings. The Hall–Kier alpha value is -2.78. The summed E-state index contributed by atoms with van der Waals surface area (Å²) >= 11 is 0. The van der Waals surface area contributed by atoms with E-state index in [1.165, 1.54) is 17.3 Å². The molecule has 1 unspecified atom stereocenters. The van der Waals surface area contributed by atoms with E-state index in [0.717, 1.165) is 5.56 Å². The average molecular weight is 530 g/mol. The van der Waals surface area contributed by atoms with Crippen LogP contribution in [0.5, 0.6) is 0 Å². The summed E-state index contributed by atoms with van der Waals surface area (Å²) in [4.78, 5) is 25.9. The number of carbonyl (C=O) groups excluding carboxylic acids is 2. The zero-order valence-corrected chi connectivity index (χ0v) is 22.6. The molecule has 2 aromatic rings. The summed E-state index contributed by atoms with van der Waals surface area (Å²) in [5.41, 5.74) is 1.57. The van der Waals surface area contributed by atoms with E-state index in [1.54, 1.807) is 24.0 Å². The first-order valence-corrected chi connectivity index (χ1v) is 14.3. The summed E-state index contributed by atoms with van der Waals surface area (Å²) in [6.07, 6.45) is 2.77. The lowest BCUT2D eigenvalue weighted by Gasteiger charge is -2.43. The SMILES string of the molecule is CC(=O)N1CCC(C(=O)Nc2ccc(CN3[C@@H](C)CCC(C)(Cc4ccccc4)S3(=O)=O)c(F)c2)CC1. The fraction of sp³-hybridized carbons (Fsp3) is 0.500. The van der Waals surface area contributed by atoms with Crippen molar-refractivity contribution in [3.05, 3.63) is 65.5 Å². The molecule has 200 valence electrons. The lowest BCUT2D eigenvalue weighted by Crippen LogP contribution is -2.55. The van der Waals surface area contributed by atoms with Gasteiger partial charge in [-0.25, -0.2) is 12.8 Å². The Kier molecular flexibility index (Phi) is 8.04. The van der Waals surface area contributed by atoms with Crippen molar-refractivity contribution in [1.29, 1.82) is 0 Å². The topological polar surface area (TPSA) is 86.8 Å². The lowest BCUT2D eigenvalue weighted by molar-refractivity contribution is -0.132. The zero-order chi connectivity index (χ0) is 26.8. The van der Waals surface area contributed by atoms with Crippen LogP contribution in [0.4, 0.5) is 10.1 Å². The summed E-state index contributed by atoms with van der Waals surface area (Å²) in [6.45, 7) is 6.17. The first-order valence-electron chi connectivity index (χ1n) is 12.9. The molecule has 2 aliphatic heterocycles. The third-order valence-electron chi connectivity index (χ3n) is 7.89. The van der Waals surface area contributed by atoms with Crippen molar-refractivity contribution in [2.75, 3.05) is 18.4 Å². The maximum absolute atomic E-state index is 15.1. The molecule has 4 rings (SSSR count). The number of sulfonamides is 1. The molecule has 0 aliphatic carbocycles. The Morgan fingerprint density at radius 1 is 1.08 bits per heavy atom. The van der Waals surface area contributed by atoms with E-state index in [0.29, 0.717) is 50.9 Å². The lowest BCUT2D eigenvalue weighted by atomic mass is 9.93. The quantitative estimate of drug-likeness (QED) is 0.603. The molecule has 1 N–H and O–H groups in total. The second-order valence-corrected chi connectivity index (χ2v) is 13.0. The van der Waals surface area contributed by atoms with Gasteiger partial charge in [0.1, 0.15) is 5.82 Å². The monoisotopic (exact) mass is 529 g/mol. The summed E-state index contributed by atoms with van der Waals surface area (Å²) in [6, 6.07) is 13.8. The number of halogens is 1. The van der Waals surface area contributed by atoms with Gasteiger partial charge in [-0.1, -0.05) is 36.4 Å². The smallest absolute Gasteiger partial charge is 0.227 e. The number of nitrogens with one attached hydrogen (secondary N) is 1. The van der Waals surface area contributed by atoms with E-state index in [2.05, 4.69) is 5.32 Å². The fourth-order valence-corrected chi connectivity index (χ4v) is 7.56. The highest BCUT2D eigenvalue weighted by Crippen LogP contribution is 2.39.